The Labute approximate surface area is 87.3 Å². The van der Waals surface area contributed by atoms with Crippen molar-refractivity contribution >= 4 is 11.8 Å². The van der Waals surface area contributed by atoms with Gasteiger partial charge in [-0.1, -0.05) is 6.92 Å². The van der Waals surface area contributed by atoms with E-state index in [0.717, 1.165) is 6.42 Å². The normalized spacial score (nSPS) is 9.67. The first kappa shape index (κ1) is 11.2. The lowest BCUT2D eigenvalue weighted by Crippen LogP contribution is -2.13. The number of hydrogen-bond donors (Lipinski definition) is 2. The zero-order valence-electron chi connectivity index (χ0n) is 8.43. The van der Waals surface area contributed by atoms with Crippen LogP contribution in [0.3, 0.4) is 0 Å². The van der Waals surface area contributed by atoms with Crippen molar-refractivity contribution < 1.29 is 14.6 Å². The summed E-state index contributed by atoms with van der Waals surface area (Å²) in [6, 6.07) is 0. The highest BCUT2D eigenvalue weighted by Crippen LogP contribution is 2.08. The molecule has 0 atom stereocenters. The number of anilines is 1. The van der Waals surface area contributed by atoms with Gasteiger partial charge in [0.15, 0.2) is 0 Å². The standard InChI is InChI=1S/C9H13N3O3/c1-2-3-15-8-5-10-4-7(12-8)11-6-9(13)14/h4-5H,2-3,6H2,1H3,(H,11,12)(H,13,14). The molecule has 0 saturated carbocycles. The monoisotopic (exact) mass is 211 g/mol. The topological polar surface area (TPSA) is 84.3 Å². The van der Waals surface area contributed by atoms with Gasteiger partial charge in [-0.3, -0.25) is 9.78 Å². The quantitative estimate of drug-likeness (QED) is 0.722. The van der Waals surface area contributed by atoms with Crippen LogP contribution < -0.4 is 10.1 Å². The summed E-state index contributed by atoms with van der Waals surface area (Å²) in [4.78, 5) is 18.2. The predicted octanol–water partition coefficient (Wildman–Crippen LogP) is 0.762. The first-order valence-corrected chi connectivity index (χ1v) is 4.63. The lowest BCUT2D eigenvalue weighted by atomic mass is 10.5. The molecule has 6 nitrogen and oxygen atoms in total. The molecule has 0 aliphatic rings. The van der Waals surface area contributed by atoms with Gasteiger partial charge in [0.25, 0.3) is 0 Å². The number of carboxylic acid groups (broad SMARTS) is 1. The van der Waals surface area contributed by atoms with E-state index in [9.17, 15) is 4.79 Å². The second kappa shape index (κ2) is 5.79. The van der Waals surface area contributed by atoms with Crippen molar-refractivity contribution in [3.05, 3.63) is 12.4 Å². The molecule has 1 rings (SSSR count). The maximum Gasteiger partial charge on any atom is 0.322 e. The zero-order valence-corrected chi connectivity index (χ0v) is 8.43. The molecule has 2 N–H and O–H groups in total. The Balaban J connectivity index is 2.53. The summed E-state index contributed by atoms with van der Waals surface area (Å²) in [6.07, 6.45) is 3.82. The molecule has 6 heteroatoms. The van der Waals surface area contributed by atoms with Gasteiger partial charge >= 0.3 is 5.97 Å². The third kappa shape index (κ3) is 4.26. The van der Waals surface area contributed by atoms with Crippen LogP contribution in [0.25, 0.3) is 0 Å². The molecule has 0 spiro atoms. The van der Waals surface area contributed by atoms with Gasteiger partial charge in [-0.2, -0.15) is 4.98 Å². The van der Waals surface area contributed by atoms with E-state index in [1.807, 2.05) is 6.92 Å². The van der Waals surface area contributed by atoms with E-state index in [-0.39, 0.29) is 6.54 Å². The third-order valence-corrected chi connectivity index (χ3v) is 1.49. The molecule has 0 bridgehead atoms. The van der Waals surface area contributed by atoms with E-state index in [4.69, 9.17) is 9.84 Å². The van der Waals surface area contributed by atoms with Gasteiger partial charge in [-0.25, -0.2) is 0 Å². The molecule has 1 aromatic rings. The second-order valence-electron chi connectivity index (χ2n) is 2.84. The summed E-state index contributed by atoms with van der Waals surface area (Å²) in [5, 5.41) is 11.1. The number of ether oxygens (including phenoxy) is 1. The van der Waals surface area contributed by atoms with Gasteiger partial charge < -0.3 is 15.2 Å². The maximum atomic E-state index is 10.3. The van der Waals surface area contributed by atoms with Crippen LogP contribution in [-0.4, -0.2) is 34.2 Å². The number of carbonyl (C=O) groups is 1. The van der Waals surface area contributed by atoms with Gasteiger partial charge in [0.05, 0.1) is 19.0 Å². The minimum Gasteiger partial charge on any atom is -0.480 e. The average molecular weight is 211 g/mol. The molecule has 0 radical (unpaired) electrons. The number of rotatable bonds is 6. The van der Waals surface area contributed by atoms with Crippen LogP contribution in [0.1, 0.15) is 13.3 Å². The average Bonchev–Trinajstić information content (AvgIpc) is 2.24. The van der Waals surface area contributed by atoms with E-state index < -0.39 is 5.97 Å². The Morgan fingerprint density at radius 1 is 1.60 bits per heavy atom. The molecule has 15 heavy (non-hydrogen) atoms. The van der Waals surface area contributed by atoms with E-state index in [0.29, 0.717) is 18.3 Å². The van der Waals surface area contributed by atoms with Crippen molar-refractivity contribution in [2.75, 3.05) is 18.5 Å². The van der Waals surface area contributed by atoms with Crippen LogP contribution >= 0.6 is 0 Å². The Hall–Kier alpha value is -1.85. The lowest BCUT2D eigenvalue weighted by Gasteiger charge is -2.05. The van der Waals surface area contributed by atoms with Crippen molar-refractivity contribution in [2.24, 2.45) is 0 Å². The number of aromatic nitrogens is 2. The predicted molar refractivity (Wildman–Crippen MR) is 53.9 cm³/mol. The Kier molecular flexibility index (Phi) is 4.33. The van der Waals surface area contributed by atoms with Crippen LogP contribution in [0.5, 0.6) is 5.88 Å². The molecular weight excluding hydrogens is 198 g/mol. The minimum absolute atomic E-state index is 0.189. The van der Waals surface area contributed by atoms with Crippen LogP contribution in [0.15, 0.2) is 12.4 Å². The fourth-order valence-electron chi connectivity index (χ4n) is 0.876. The molecule has 0 fully saturated rings. The summed E-state index contributed by atoms with van der Waals surface area (Å²) in [5.41, 5.74) is 0. The van der Waals surface area contributed by atoms with Crippen molar-refractivity contribution in [3.63, 3.8) is 0 Å². The highest BCUT2D eigenvalue weighted by atomic mass is 16.5. The van der Waals surface area contributed by atoms with E-state index >= 15 is 0 Å². The minimum atomic E-state index is -0.948. The summed E-state index contributed by atoms with van der Waals surface area (Å²) < 4.78 is 5.24. The van der Waals surface area contributed by atoms with Crippen molar-refractivity contribution in [3.8, 4) is 5.88 Å². The third-order valence-electron chi connectivity index (χ3n) is 1.49. The van der Waals surface area contributed by atoms with Gasteiger partial charge in [0.1, 0.15) is 12.4 Å². The van der Waals surface area contributed by atoms with Gasteiger partial charge in [-0.15, -0.1) is 0 Å². The molecular formula is C9H13N3O3. The highest BCUT2D eigenvalue weighted by Gasteiger charge is 2.01. The van der Waals surface area contributed by atoms with Crippen LogP contribution in [-0.2, 0) is 4.79 Å². The molecule has 0 aromatic carbocycles. The molecule has 0 saturated heterocycles. The van der Waals surface area contributed by atoms with Gasteiger partial charge in [0, 0.05) is 0 Å². The van der Waals surface area contributed by atoms with E-state index in [1.54, 1.807) is 0 Å². The number of nitrogens with one attached hydrogen (secondary N) is 1. The first-order chi connectivity index (χ1) is 7.22. The first-order valence-electron chi connectivity index (χ1n) is 4.63. The molecule has 0 amide bonds. The van der Waals surface area contributed by atoms with Crippen LogP contribution in [0.4, 0.5) is 5.82 Å². The molecule has 0 aliphatic carbocycles. The highest BCUT2D eigenvalue weighted by molar-refractivity contribution is 5.72. The molecule has 0 aliphatic heterocycles. The summed E-state index contributed by atoms with van der Waals surface area (Å²) in [6.45, 7) is 2.36. The largest absolute Gasteiger partial charge is 0.480 e. The lowest BCUT2D eigenvalue weighted by molar-refractivity contribution is -0.134. The Morgan fingerprint density at radius 2 is 2.40 bits per heavy atom. The van der Waals surface area contributed by atoms with Gasteiger partial charge in [0.2, 0.25) is 5.88 Å². The van der Waals surface area contributed by atoms with Gasteiger partial charge in [-0.05, 0) is 6.42 Å². The van der Waals surface area contributed by atoms with Crippen molar-refractivity contribution in [1.29, 1.82) is 0 Å². The Morgan fingerprint density at radius 3 is 3.07 bits per heavy atom. The molecule has 1 heterocycles. The van der Waals surface area contributed by atoms with E-state index in [1.165, 1.54) is 12.4 Å². The Bertz CT molecular complexity index is 330. The number of aliphatic carboxylic acids is 1. The number of hydrogen-bond acceptors (Lipinski definition) is 5. The number of carboxylic acids is 1. The zero-order chi connectivity index (χ0) is 11.1. The summed E-state index contributed by atoms with van der Waals surface area (Å²) in [7, 11) is 0. The maximum absolute atomic E-state index is 10.3. The molecule has 82 valence electrons. The fourth-order valence-corrected chi connectivity index (χ4v) is 0.876. The second-order valence-corrected chi connectivity index (χ2v) is 2.84. The smallest absolute Gasteiger partial charge is 0.322 e. The van der Waals surface area contributed by atoms with Crippen molar-refractivity contribution in [1.82, 2.24) is 9.97 Å². The molecule has 0 unspecified atom stereocenters. The SMILES string of the molecule is CCCOc1cncc(NCC(=O)O)n1. The fraction of sp³-hybridized carbons (Fsp3) is 0.444. The number of nitrogens with zero attached hydrogens (tertiary/aromatic N) is 2. The summed E-state index contributed by atoms with van der Waals surface area (Å²) in [5.74, 6) is -0.157. The van der Waals surface area contributed by atoms with E-state index in [2.05, 4.69) is 15.3 Å². The van der Waals surface area contributed by atoms with Crippen LogP contribution in [0.2, 0.25) is 0 Å². The molecule has 1 aromatic heterocycles. The van der Waals surface area contributed by atoms with Crippen LogP contribution in [0, 0.1) is 0 Å². The summed E-state index contributed by atoms with van der Waals surface area (Å²) >= 11 is 0. The van der Waals surface area contributed by atoms with Crippen molar-refractivity contribution in [2.45, 2.75) is 13.3 Å².